The van der Waals surface area contributed by atoms with Crippen LogP contribution in [0.4, 0.5) is 0 Å². The third-order valence-electron chi connectivity index (χ3n) is 3.83. The first-order valence-corrected chi connectivity index (χ1v) is 7.60. The third kappa shape index (κ3) is 2.52. The molecule has 0 aliphatic carbocycles. The minimum Gasteiger partial charge on any atom is -0.480 e. The summed E-state index contributed by atoms with van der Waals surface area (Å²) in [7, 11) is 0. The second-order valence-corrected chi connectivity index (χ2v) is 6.01. The molecule has 0 unspecified atom stereocenters. The van der Waals surface area contributed by atoms with Gasteiger partial charge in [-0.3, -0.25) is 4.79 Å². The fourth-order valence-corrected chi connectivity index (χ4v) is 3.49. The van der Waals surface area contributed by atoms with E-state index in [0.717, 1.165) is 10.1 Å². The SMILES string of the molecule is O=C(NC1(C(=O)O)CCOCC1)c1csc2ccccc12. The van der Waals surface area contributed by atoms with Crippen LogP contribution in [0, 0.1) is 0 Å². The predicted molar refractivity (Wildman–Crippen MR) is 79.7 cm³/mol. The monoisotopic (exact) mass is 305 g/mol. The van der Waals surface area contributed by atoms with Gasteiger partial charge in [-0.25, -0.2) is 4.79 Å². The van der Waals surface area contributed by atoms with E-state index in [4.69, 9.17) is 4.74 Å². The van der Waals surface area contributed by atoms with Crippen molar-refractivity contribution in [3.63, 3.8) is 0 Å². The van der Waals surface area contributed by atoms with Crippen molar-refractivity contribution >= 4 is 33.3 Å². The van der Waals surface area contributed by atoms with Gasteiger partial charge >= 0.3 is 5.97 Å². The molecule has 0 radical (unpaired) electrons. The number of thiophene rings is 1. The first-order valence-electron chi connectivity index (χ1n) is 6.72. The molecule has 3 rings (SSSR count). The Hall–Kier alpha value is -1.92. The summed E-state index contributed by atoms with van der Waals surface area (Å²) in [4.78, 5) is 24.1. The molecular weight excluding hydrogens is 290 g/mol. The summed E-state index contributed by atoms with van der Waals surface area (Å²) in [6, 6.07) is 7.60. The molecule has 1 aromatic heterocycles. The fraction of sp³-hybridized carbons (Fsp3) is 0.333. The van der Waals surface area contributed by atoms with Crippen molar-refractivity contribution in [1.29, 1.82) is 0 Å². The van der Waals surface area contributed by atoms with Crippen molar-refractivity contribution in [2.75, 3.05) is 13.2 Å². The van der Waals surface area contributed by atoms with Crippen LogP contribution < -0.4 is 5.32 Å². The zero-order valence-corrected chi connectivity index (χ0v) is 12.1. The van der Waals surface area contributed by atoms with E-state index in [9.17, 15) is 14.7 Å². The Morgan fingerprint density at radius 3 is 2.67 bits per heavy atom. The van der Waals surface area contributed by atoms with Crippen LogP contribution in [0.15, 0.2) is 29.6 Å². The number of carboxylic acid groups (broad SMARTS) is 1. The van der Waals surface area contributed by atoms with Crippen molar-refractivity contribution in [2.45, 2.75) is 18.4 Å². The minimum atomic E-state index is -1.22. The second-order valence-electron chi connectivity index (χ2n) is 5.10. The third-order valence-corrected chi connectivity index (χ3v) is 4.80. The molecule has 1 amide bonds. The molecule has 2 N–H and O–H groups in total. The average molecular weight is 305 g/mol. The number of carboxylic acids is 1. The van der Waals surface area contributed by atoms with E-state index >= 15 is 0 Å². The number of amides is 1. The number of rotatable bonds is 3. The Bertz CT molecular complexity index is 688. The number of aliphatic carboxylic acids is 1. The summed E-state index contributed by atoms with van der Waals surface area (Å²) in [6.45, 7) is 0.688. The van der Waals surface area contributed by atoms with Gasteiger partial charge in [0.05, 0.1) is 5.56 Å². The maximum absolute atomic E-state index is 12.5. The second kappa shape index (κ2) is 5.46. The molecule has 1 aliphatic rings. The van der Waals surface area contributed by atoms with Gasteiger partial charge in [0, 0.05) is 41.5 Å². The molecule has 0 bridgehead atoms. The Morgan fingerprint density at radius 1 is 1.24 bits per heavy atom. The maximum atomic E-state index is 12.5. The lowest BCUT2D eigenvalue weighted by Crippen LogP contribution is -2.57. The molecule has 1 saturated heterocycles. The van der Waals surface area contributed by atoms with E-state index in [2.05, 4.69) is 5.32 Å². The first kappa shape index (κ1) is 14.0. The van der Waals surface area contributed by atoms with E-state index in [0.29, 0.717) is 18.8 Å². The normalized spacial score (nSPS) is 17.5. The van der Waals surface area contributed by atoms with Crippen LogP contribution in [0.1, 0.15) is 23.2 Å². The van der Waals surface area contributed by atoms with E-state index < -0.39 is 11.5 Å². The number of nitrogens with one attached hydrogen (secondary N) is 1. The van der Waals surface area contributed by atoms with Crippen LogP contribution in [0.5, 0.6) is 0 Å². The Morgan fingerprint density at radius 2 is 1.95 bits per heavy atom. The van der Waals surface area contributed by atoms with Gasteiger partial charge < -0.3 is 15.2 Å². The van der Waals surface area contributed by atoms with Crippen LogP contribution >= 0.6 is 11.3 Å². The molecule has 2 aromatic rings. The molecule has 6 heteroatoms. The zero-order chi connectivity index (χ0) is 14.9. The van der Waals surface area contributed by atoms with Crippen LogP contribution in [0.25, 0.3) is 10.1 Å². The summed E-state index contributed by atoms with van der Waals surface area (Å²) in [5, 5.41) is 14.8. The van der Waals surface area contributed by atoms with Gasteiger partial charge in [-0.15, -0.1) is 11.3 Å². The van der Waals surface area contributed by atoms with Crippen LogP contribution in [-0.2, 0) is 9.53 Å². The lowest BCUT2D eigenvalue weighted by Gasteiger charge is -2.33. The van der Waals surface area contributed by atoms with Gasteiger partial charge in [0.2, 0.25) is 0 Å². The lowest BCUT2D eigenvalue weighted by molar-refractivity contribution is -0.148. The van der Waals surface area contributed by atoms with Crippen molar-refractivity contribution in [3.8, 4) is 0 Å². The summed E-state index contributed by atoms with van der Waals surface area (Å²) in [6.07, 6.45) is 0.576. The van der Waals surface area contributed by atoms with E-state index in [1.807, 2.05) is 24.3 Å². The first-order chi connectivity index (χ1) is 10.1. The highest BCUT2D eigenvalue weighted by molar-refractivity contribution is 7.17. The molecule has 1 aromatic carbocycles. The molecule has 1 aliphatic heterocycles. The highest BCUT2D eigenvalue weighted by Gasteiger charge is 2.42. The molecule has 5 nitrogen and oxygen atoms in total. The zero-order valence-electron chi connectivity index (χ0n) is 11.3. The highest BCUT2D eigenvalue weighted by Crippen LogP contribution is 2.27. The molecular formula is C15H15NO4S. The molecule has 2 heterocycles. The van der Waals surface area contributed by atoms with Gasteiger partial charge in [-0.2, -0.15) is 0 Å². The predicted octanol–water partition coefficient (Wildman–Crippen LogP) is 2.26. The van der Waals surface area contributed by atoms with Crippen molar-refractivity contribution in [3.05, 3.63) is 35.2 Å². The Balaban J connectivity index is 1.89. The van der Waals surface area contributed by atoms with Gasteiger partial charge in [0.25, 0.3) is 5.91 Å². The van der Waals surface area contributed by atoms with E-state index in [1.165, 1.54) is 11.3 Å². The summed E-state index contributed by atoms with van der Waals surface area (Å²) in [5.41, 5.74) is -0.694. The number of carbonyl (C=O) groups is 2. The highest BCUT2D eigenvalue weighted by atomic mass is 32.1. The van der Waals surface area contributed by atoms with Crippen molar-refractivity contribution < 1.29 is 19.4 Å². The van der Waals surface area contributed by atoms with Gasteiger partial charge in [0.1, 0.15) is 5.54 Å². The Labute approximate surface area is 125 Å². The minimum absolute atomic E-state index is 0.288. The molecule has 0 spiro atoms. The average Bonchev–Trinajstić information content (AvgIpc) is 2.92. The Kier molecular flexibility index (Phi) is 3.65. The fourth-order valence-electron chi connectivity index (χ4n) is 2.55. The van der Waals surface area contributed by atoms with Crippen LogP contribution in [0.2, 0.25) is 0 Å². The standard InChI is InChI=1S/C15H15NO4S/c17-13(11-9-21-12-4-2-1-3-10(11)12)16-15(14(18)19)5-7-20-8-6-15/h1-4,9H,5-8H2,(H,16,17)(H,18,19). The molecule has 0 atom stereocenters. The van der Waals surface area contributed by atoms with Gasteiger partial charge in [-0.05, 0) is 6.07 Å². The van der Waals surface area contributed by atoms with Crippen LogP contribution in [-0.4, -0.2) is 35.7 Å². The number of hydrogen-bond donors (Lipinski definition) is 2. The molecule has 0 saturated carbocycles. The maximum Gasteiger partial charge on any atom is 0.329 e. The number of ether oxygens (including phenoxy) is 1. The smallest absolute Gasteiger partial charge is 0.329 e. The van der Waals surface area contributed by atoms with Gasteiger partial charge in [-0.1, -0.05) is 18.2 Å². The number of fused-ring (bicyclic) bond motifs is 1. The largest absolute Gasteiger partial charge is 0.480 e. The molecule has 110 valence electrons. The number of hydrogen-bond acceptors (Lipinski definition) is 4. The molecule has 1 fully saturated rings. The summed E-state index contributed by atoms with van der Waals surface area (Å²) in [5.74, 6) is -1.34. The molecule has 21 heavy (non-hydrogen) atoms. The number of benzene rings is 1. The van der Waals surface area contributed by atoms with E-state index in [-0.39, 0.29) is 18.7 Å². The lowest BCUT2D eigenvalue weighted by atomic mass is 9.89. The van der Waals surface area contributed by atoms with Crippen molar-refractivity contribution in [2.24, 2.45) is 0 Å². The van der Waals surface area contributed by atoms with Crippen LogP contribution in [0.3, 0.4) is 0 Å². The van der Waals surface area contributed by atoms with Gasteiger partial charge in [0.15, 0.2) is 0 Å². The van der Waals surface area contributed by atoms with E-state index in [1.54, 1.807) is 5.38 Å². The van der Waals surface area contributed by atoms with Crippen molar-refractivity contribution in [1.82, 2.24) is 5.32 Å². The summed E-state index contributed by atoms with van der Waals surface area (Å²) >= 11 is 1.48. The summed E-state index contributed by atoms with van der Waals surface area (Å²) < 4.78 is 6.22. The quantitative estimate of drug-likeness (QED) is 0.912. The topological polar surface area (TPSA) is 75.6 Å². The number of carbonyl (C=O) groups excluding carboxylic acids is 1.